The Balaban J connectivity index is 2.16. The lowest BCUT2D eigenvalue weighted by molar-refractivity contribution is 0.0964. The predicted molar refractivity (Wildman–Crippen MR) is 118 cm³/mol. The van der Waals surface area contributed by atoms with Crippen molar-refractivity contribution in [3.05, 3.63) is 72.0 Å². The molecule has 0 atom stereocenters. The predicted octanol–water partition coefficient (Wildman–Crippen LogP) is 4.25. The van der Waals surface area contributed by atoms with Gasteiger partial charge in [-0.3, -0.25) is 4.79 Å². The van der Waals surface area contributed by atoms with Crippen LogP contribution in [0, 0.1) is 5.82 Å². The average molecular weight is 438 g/mol. The molecule has 3 N–H and O–H groups in total. The van der Waals surface area contributed by atoms with Crippen LogP contribution in [0.2, 0.25) is 0 Å². The van der Waals surface area contributed by atoms with Gasteiger partial charge in [0.25, 0.3) is 5.91 Å². The lowest BCUT2D eigenvalue weighted by atomic mass is 9.99. The van der Waals surface area contributed by atoms with Gasteiger partial charge in [-0.2, -0.15) is 0 Å². The zero-order valence-corrected chi connectivity index (χ0v) is 17.6. The van der Waals surface area contributed by atoms with Gasteiger partial charge in [0.15, 0.2) is 15.4 Å². The number of hydrogen-bond donors (Lipinski definition) is 2. The standard InChI is InChI=1S/C23H19FN2O4S/c1-26-23(27)18-17-12-16(13-6-4-3-5-7-13)22(31(2,28)29)19(25)21(17)30-20(18)14-8-10-15(24)11-9-14/h3-12H,25H2,1-2H3,(H,26,27). The number of hydrogen-bond acceptors (Lipinski definition) is 5. The third-order valence-electron chi connectivity index (χ3n) is 4.98. The molecule has 0 radical (unpaired) electrons. The van der Waals surface area contributed by atoms with Gasteiger partial charge >= 0.3 is 0 Å². The summed E-state index contributed by atoms with van der Waals surface area (Å²) in [5, 5.41) is 2.94. The fourth-order valence-electron chi connectivity index (χ4n) is 3.63. The highest BCUT2D eigenvalue weighted by molar-refractivity contribution is 7.91. The number of nitrogens with one attached hydrogen (secondary N) is 1. The van der Waals surface area contributed by atoms with E-state index >= 15 is 0 Å². The molecule has 3 aromatic carbocycles. The molecule has 4 rings (SSSR count). The Morgan fingerprint density at radius 3 is 2.26 bits per heavy atom. The van der Waals surface area contributed by atoms with Crippen LogP contribution < -0.4 is 11.1 Å². The van der Waals surface area contributed by atoms with Crippen LogP contribution in [0.15, 0.2) is 70.0 Å². The quantitative estimate of drug-likeness (QED) is 0.464. The topological polar surface area (TPSA) is 102 Å². The lowest BCUT2D eigenvalue weighted by Gasteiger charge is -2.12. The number of anilines is 1. The molecule has 0 bridgehead atoms. The number of nitrogens with two attached hydrogens (primary N) is 1. The van der Waals surface area contributed by atoms with Crippen LogP contribution in [-0.4, -0.2) is 27.6 Å². The Labute approximate surface area is 178 Å². The van der Waals surface area contributed by atoms with Crippen LogP contribution in [-0.2, 0) is 9.84 Å². The molecular weight excluding hydrogens is 419 g/mol. The summed E-state index contributed by atoms with van der Waals surface area (Å²) >= 11 is 0. The van der Waals surface area contributed by atoms with Crippen molar-refractivity contribution in [2.45, 2.75) is 4.90 Å². The average Bonchev–Trinajstić information content (AvgIpc) is 3.13. The van der Waals surface area contributed by atoms with Gasteiger partial charge in [-0.15, -0.1) is 0 Å². The number of fused-ring (bicyclic) bond motifs is 1. The van der Waals surface area contributed by atoms with E-state index in [1.54, 1.807) is 30.3 Å². The van der Waals surface area contributed by atoms with Crippen LogP contribution in [0.4, 0.5) is 10.1 Å². The number of benzene rings is 3. The lowest BCUT2D eigenvalue weighted by Crippen LogP contribution is -2.18. The van der Waals surface area contributed by atoms with E-state index in [9.17, 15) is 17.6 Å². The number of carbonyl (C=O) groups excluding carboxylic acids is 1. The summed E-state index contributed by atoms with van der Waals surface area (Å²) in [4.78, 5) is 12.7. The van der Waals surface area contributed by atoms with Gasteiger partial charge in [0.1, 0.15) is 16.5 Å². The molecule has 0 saturated carbocycles. The van der Waals surface area contributed by atoms with E-state index in [0.29, 0.717) is 22.1 Å². The SMILES string of the molecule is CNC(=O)c1c(-c2ccc(F)cc2)oc2c(N)c(S(C)(=O)=O)c(-c3ccccc3)cc12. The molecule has 0 aliphatic carbocycles. The normalized spacial score (nSPS) is 11.6. The number of furan rings is 1. The van der Waals surface area contributed by atoms with E-state index in [4.69, 9.17) is 10.2 Å². The van der Waals surface area contributed by atoms with Crippen molar-refractivity contribution in [2.75, 3.05) is 19.0 Å². The fraction of sp³-hybridized carbons (Fsp3) is 0.0870. The fourth-order valence-corrected chi connectivity index (χ4v) is 4.69. The van der Waals surface area contributed by atoms with Crippen LogP contribution in [0.5, 0.6) is 0 Å². The molecule has 6 nitrogen and oxygen atoms in total. The maximum Gasteiger partial charge on any atom is 0.255 e. The summed E-state index contributed by atoms with van der Waals surface area (Å²) in [6.07, 6.45) is 1.07. The van der Waals surface area contributed by atoms with Crippen LogP contribution in [0.25, 0.3) is 33.4 Å². The third-order valence-corrected chi connectivity index (χ3v) is 6.17. The first-order valence-electron chi connectivity index (χ1n) is 9.35. The summed E-state index contributed by atoms with van der Waals surface area (Å²) in [7, 11) is -2.26. The summed E-state index contributed by atoms with van der Waals surface area (Å²) in [6.45, 7) is 0. The summed E-state index contributed by atoms with van der Waals surface area (Å²) < 4.78 is 44.6. The molecule has 158 valence electrons. The third kappa shape index (κ3) is 3.55. The second kappa shape index (κ2) is 7.55. The van der Waals surface area contributed by atoms with Gasteiger partial charge in [-0.25, -0.2) is 12.8 Å². The molecule has 0 saturated heterocycles. The van der Waals surface area contributed by atoms with E-state index in [1.807, 2.05) is 6.07 Å². The van der Waals surface area contributed by atoms with Gasteiger partial charge in [0.05, 0.1) is 11.3 Å². The Morgan fingerprint density at radius 1 is 1.03 bits per heavy atom. The molecule has 4 aromatic rings. The number of sulfone groups is 1. The molecule has 1 amide bonds. The van der Waals surface area contributed by atoms with Crippen LogP contribution in [0.1, 0.15) is 10.4 Å². The van der Waals surface area contributed by atoms with Gasteiger partial charge in [-0.1, -0.05) is 30.3 Å². The first kappa shape index (κ1) is 20.6. The van der Waals surface area contributed by atoms with E-state index in [0.717, 1.165) is 6.26 Å². The number of amides is 1. The van der Waals surface area contributed by atoms with Gasteiger partial charge in [0, 0.05) is 29.8 Å². The molecule has 8 heteroatoms. The molecule has 0 spiro atoms. The highest BCUT2D eigenvalue weighted by Crippen LogP contribution is 2.43. The Bertz CT molecular complexity index is 1410. The summed E-state index contributed by atoms with van der Waals surface area (Å²) in [6, 6.07) is 15.9. The first-order valence-corrected chi connectivity index (χ1v) is 11.2. The second-order valence-corrected chi connectivity index (χ2v) is 9.03. The Morgan fingerprint density at radius 2 is 1.68 bits per heavy atom. The zero-order chi connectivity index (χ0) is 22.3. The minimum atomic E-state index is -3.74. The Kier molecular flexibility index (Phi) is 5.02. The van der Waals surface area contributed by atoms with Crippen molar-refractivity contribution >= 4 is 32.4 Å². The van der Waals surface area contributed by atoms with Crippen molar-refractivity contribution in [3.8, 4) is 22.5 Å². The Hall–Kier alpha value is -3.65. The van der Waals surface area contributed by atoms with Crippen molar-refractivity contribution in [3.63, 3.8) is 0 Å². The van der Waals surface area contributed by atoms with E-state index in [2.05, 4.69) is 5.32 Å². The molecule has 0 aliphatic rings. The molecule has 0 fully saturated rings. The smallest absolute Gasteiger partial charge is 0.255 e. The number of carbonyl (C=O) groups is 1. The maximum absolute atomic E-state index is 13.4. The van der Waals surface area contributed by atoms with Crippen molar-refractivity contribution < 1.29 is 22.0 Å². The highest BCUT2D eigenvalue weighted by Gasteiger charge is 2.28. The molecule has 1 heterocycles. The first-order chi connectivity index (χ1) is 14.7. The number of rotatable bonds is 4. The molecule has 1 aromatic heterocycles. The highest BCUT2D eigenvalue weighted by atomic mass is 32.2. The summed E-state index contributed by atoms with van der Waals surface area (Å²) in [5.41, 5.74) is 7.94. The molecule has 0 unspecified atom stereocenters. The maximum atomic E-state index is 13.4. The van der Waals surface area contributed by atoms with Gasteiger partial charge in [-0.05, 0) is 35.9 Å². The number of halogens is 1. The van der Waals surface area contributed by atoms with Gasteiger partial charge in [0.2, 0.25) is 0 Å². The van der Waals surface area contributed by atoms with Crippen LogP contribution in [0.3, 0.4) is 0 Å². The summed E-state index contributed by atoms with van der Waals surface area (Å²) in [5.74, 6) is -0.708. The van der Waals surface area contributed by atoms with E-state index in [-0.39, 0.29) is 27.5 Å². The molecular formula is C23H19FN2O4S. The van der Waals surface area contributed by atoms with Crippen LogP contribution >= 0.6 is 0 Å². The van der Waals surface area contributed by atoms with Crippen molar-refractivity contribution in [1.82, 2.24) is 5.32 Å². The largest absolute Gasteiger partial charge is 0.453 e. The minimum Gasteiger partial charge on any atom is -0.453 e. The zero-order valence-electron chi connectivity index (χ0n) is 16.8. The monoisotopic (exact) mass is 438 g/mol. The molecule has 0 aliphatic heterocycles. The molecule has 31 heavy (non-hydrogen) atoms. The van der Waals surface area contributed by atoms with E-state index < -0.39 is 21.6 Å². The van der Waals surface area contributed by atoms with Gasteiger partial charge < -0.3 is 15.5 Å². The van der Waals surface area contributed by atoms with Crippen molar-refractivity contribution in [1.29, 1.82) is 0 Å². The van der Waals surface area contributed by atoms with E-state index in [1.165, 1.54) is 31.3 Å². The number of nitrogen functional groups attached to an aromatic ring is 1. The second-order valence-electron chi connectivity index (χ2n) is 7.07. The van der Waals surface area contributed by atoms with Crippen molar-refractivity contribution in [2.24, 2.45) is 0 Å². The minimum absolute atomic E-state index is 0.0749.